The van der Waals surface area contributed by atoms with Crippen LogP contribution in [0.5, 0.6) is 0 Å². The molecule has 5 nitrogen and oxygen atoms in total. The van der Waals surface area contributed by atoms with E-state index in [2.05, 4.69) is 10.9 Å². The Labute approximate surface area is 107 Å². The maximum absolute atomic E-state index is 11.7. The number of amides is 1. The van der Waals surface area contributed by atoms with Crippen molar-refractivity contribution in [2.24, 2.45) is 0 Å². The predicted molar refractivity (Wildman–Crippen MR) is 68.5 cm³/mol. The van der Waals surface area contributed by atoms with Crippen molar-refractivity contribution in [1.82, 2.24) is 10.9 Å². The average molecular weight is 252 g/mol. The molecule has 1 aromatic carbocycles. The van der Waals surface area contributed by atoms with E-state index < -0.39 is 6.29 Å². The van der Waals surface area contributed by atoms with E-state index in [4.69, 9.17) is 9.47 Å². The van der Waals surface area contributed by atoms with E-state index in [-0.39, 0.29) is 5.91 Å². The Morgan fingerprint density at radius 1 is 1.17 bits per heavy atom. The van der Waals surface area contributed by atoms with Gasteiger partial charge in [-0.3, -0.25) is 10.2 Å². The number of hydrazine groups is 1. The van der Waals surface area contributed by atoms with Crippen LogP contribution in [0.2, 0.25) is 0 Å². The molecule has 0 fully saturated rings. The summed E-state index contributed by atoms with van der Waals surface area (Å²) in [5.74, 6) is -0.324. The Morgan fingerprint density at radius 2 is 1.78 bits per heavy atom. The Hall–Kier alpha value is -1.43. The molecule has 1 aromatic rings. The van der Waals surface area contributed by atoms with Gasteiger partial charge in [0.05, 0.1) is 0 Å². The van der Waals surface area contributed by atoms with Crippen LogP contribution in [0.25, 0.3) is 0 Å². The summed E-state index contributed by atoms with van der Waals surface area (Å²) in [6, 6.07) is 9.79. The highest BCUT2D eigenvalue weighted by molar-refractivity contribution is 5.78. The second-order valence-electron chi connectivity index (χ2n) is 3.57. The standard InChI is InChI=1S/C13H20N2O3/c1-3-17-13(18-4-2)12(16)15-14-10-11-8-6-5-7-9-11/h5-9,13-14H,3-4,10H2,1-2H3,(H,15,16). The molecule has 0 aromatic heterocycles. The van der Waals surface area contributed by atoms with Gasteiger partial charge in [-0.2, -0.15) is 0 Å². The molecule has 0 heterocycles. The van der Waals surface area contributed by atoms with Gasteiger partial charge in [0, 0.05) is 19.8 Å². The molecular weight excluding hydrogens is 232 g/mol. The highest BCUT2D eigenvalue weighted by Gasteiger charge is 2.17. The van der Waals surface area contributed by atoms with Gasteiger partial charge in [0.2, 0.25) is 6.29 Å². The largest absolute Gasteiger partial charge is 0.345 e. The Balaban J connectivity index is 2.30. The van der Waals surface area contributed by atoms with E-state index in [1.54, 1.807) is 0 Å². The van der Waals surface area contributed by atoms with Crippen molar-refractivity contribution in [3.8, 4) is 0 Å². The Kier molecular flexibility index (Phi) is 7.01. The van der Waals surface area contributed by atoms with Gasteiger partial charge in [0.25, 0.3) is 5.91 Å². The molecular formula is C13H20N2O3. The molecule has 18 heavy (non-hydrogen) atoms. The lowest BCUT2D eigenvalue weighted by Gasteiger charge is -2.16. The molecule has 0 bridgehead atoms. The summed E-state index contributed by atoms with van der Waals surface area (Å²) in [5.41, 5.74) is 6.49. The minimum absolute atomic E-state index is 0.324. The fraction of sp³-hybridized carbons (Fsp3) is 0.462. The predicted octanol–water partition coefficient (Wildman–Crippen LogP) is 1.21. The van der Waals surface area contributed by atoms with Crippen molar-refractivity contribution in [3.63, 3.8) is 0 Å². The molecule has 1 rings (SSSR count). The molecule has 1 amide bonds. The molecule has 0 unspecified atom stereocenters. The third kappa shape index (κ3) is 5.27. The maximum atomic E-state index is 11.7. The lowest BCUT2D eigenvalue weighted by molar-refractivity contribution is -0.171. The topological polar surface area (TPSA) is 59.6 Å². The summed E-state index contributed by atoms with van der Waals surface area (Å²) in [6.07, 6.45) is -0.858. The van der Waals surface area contributed by atoms with Crippen LogP contribution in [0.3, 0.4) is 0 Å². The third-order valence-corrected chi connectivity index (χ3v) is 2.20. The van der Waals surface area contributed by atoms with Gasteiger partial charge in [-0.05, 0) is 19.4 Å². The normalized spacial score (nSPS) is 10.6. The van der Waals surface area contributed by atoms with Crippen LogP contribution in [0, 0.1) is 0 Å². The number of rotatable bonds is 8. The molecule has 2 N–H and O–H groups in total. The molecule has 100 valence electrons. The van der Waals surface area contributed by atoms with Crippen molar-refractivity contribution in [3.05, 3.63) is 35.9 Å². The van der Waals surface area contributed by atoms with Gasteiger partial charge < -0.3 is 9.47 Å². The first-order valence-corrected chi connectivity index (χ1v) is 6.07. The number of carbonyl (C=O) groups excluding carboxylic acids is 1. The first-order valence-electron chi connectivity index (χ1n) is 6.07. The molecule has 0 aliphatic carbocycles. The fourth-order valence-electron chi connectivity index (χ4n) is 1.39. The fourth-order valence-corrected chi connectivity index (χ4v) is 1.39. The van der Waals surface area contributed by atoms with Crippen molar-refractivity contribution < 1.29 is 14.3 Å². The van der Waals surface area contributed by atoms with Crippen LogP contribution < -0.4 is 10.9 Å². The second kappa shape index (κ2) is 8.63. The summed E-state index contributed by atoms with van der Waals surface area (Å²) in [4.78, 5) is 11.7. The van der Waals surface area contributed by atoms with Crippen LogP contribution in [0.15, 0.2) is 30.3 Å². The summed E-state index contributed by atoms with van der Waals surface area (Å²) in [6.45, 7) is 5.04. The number of carbonyl (C=O) groups is 1. The zero-order chi connectivity index (χ0) is 13.2. The highest BCUT2D eigenvalue weighted by atomic mass is 16.7. The van der Waals surface area contributed by atoms with E-state index in [0.717, 1.165) is 5.56 Å². The molecule has 5 heteroatoms. The van der Waals surface area contributed by atoms with Crippen molar-refractivity contribution in [2.45, 2.75) is 26.7 Å². The number of nitrogens with one attached hydrogen (secondary N) is 2. The van der Waals surface area contributed by atoms with Crippen LogP contribution in [-0.2, 0) is 20.8 Å². The Morgan fingerprint density at radius 3 is 2.33 bits per heavy atom. The van der Waals surface area contributed by atoms with Crippen LogP contribution >= 0.6 is 0 Å². The number of ether oxygens (including phenoxy) is 2. The summed E-state index contributed by atoms with van der Waals surface area (Å²) >= 11 is 0. The van der Waals surface area contributed by atoms with Gasteiger partial charge in [-0.1, -0.05) is 30.3 Å². The minimum atomic E-state index is -0.858. The molecule has 0 spiro atoms. The van der Waals surface area contributed by atoms with E-state index in [1.807, 2.05) is 44.2 Å². The monoisotopic (exact) mass is 252 g/mol. The molecule has 0 aliphatic heterocycles. The van der Waals surface area contributed by atoms with Gasteiger partial charge in [0.15, 0.2) is 0 Å². The second-order valence-corrected chi connectivity index (χ2v) is 3.57. The number of hydrogen-bond acceptors (Lipinski definition) is 4. The number of benzene rings is 1. The van der Waals surface area contributed by atoms with Crippen molar-refractivity contribution in [1.29, 1.82) is 0 Å². The SMILES string of the molecule is CCOC(OCC)C(=O)NNCc1ccccc1. The van der Waals surface area contributed by atoms with Gasteiger partial charge in [-0.15, -0.1) is 0 Å². The summed E-state index contributed by atoms with van der Waals surface area (Å²) in [5, 5.41) is 0. The van der Waals surface area contributed by atoms with Gasteiger partial charge in [-0.25, -0.2) is 5.43 Å². The van der Waals surface area contributed by atoms with Crippen LogP contribution in [0.1, 0.15) is 19.4 Å². The summed E-state index contributed by atoms with van der Waals surface area (Å²) < 4.78 is 10.3. The maximum Gasteiger partial charge on any atom is 0.291 e. The zero-order valence-corrected chi connectivity index (χ0v) is 10.8. The zero-order valence-electron chi connectivity index (χ0n) is 10.8. The van der Waals surface area contributed by atoms with Gasteiger partial charge in [0.1, 0.15) is 0 Å². The molecule has 0 aliphatic rings. The first kappa shape index (κ1) is 14.6. The van der Waals surface area contributed by atoms with Crippen molar-refractivity contribution >= 4 is 5.91 Å². The minimum Gasteiger partial charge on any atom is -0.345 e. The summed E-state index contributed by atoms with van der Waals surface area (Å²) in [7, 11) is 0. The molecule has 0 saturated heterocycles. The van der Waals surface area contributed by atoms with E-state index in [0.29, 0.717) is 19.8 Å². The van der Waals surface area contributed by atoms with E-state index in [1.165, 1.54) is 0 Å². The van der Waals surface area contributed by atoms with E-state index >= 15 is 0 Å². The quantitative estimate of drug-likeness (QED) is 0.539. The van der Waals surface area contributed by atoms with Gasteiger partial charge >= 0.3 is 0 Å². The molecule has 0 radical (unpaired) electrons. The average Bonchev–Trinajstić information content (AvgIpc) is 2.39. The Bertz CT molecular complexity index is 337. The lowest BCUT2D eigenvalue weighted by atomic mass is 10.2. The first-order chi connectivity index (χ1) is 8.77. The molecule has 0 atom stereocenters. The third-order valence-electron chi connectivity index (χ3n) is 2.20. The van der Waals surface area contributed by atoms with Crippen LogP contribution in [-0.4, -0.2) is 25.4 Å². The van der Waals surface area contributed by atoms with E-state index in [9.17, 15) is 4.79 Å². The number of hydrogen-bond donors (Lipinski definition) is 2. The highest BCUT2D eigenvalue weighted by Crippen LogP contribution is 1.97. The van der Waals surface area contributed by atoms with Crippen LogP contribution in [0.4, 0.5) is 0 Å². The smallest absolute Gasteiger partial charge is 0.291 e. The molecule has 0 saturated carbocycles. The lowest BCUT2D eigenvalue weighted by Crippen LogP contribution is -2.45. The van der Waals surface area contributed by atoms with Crippen molar-refractivity contribution in [2.75, 3.05) is 13.2 Å².